The molecule has 1 aliphatic rings. The molecular formula is C20H18F3NO3. The molecule has 3 rings (SSSR count). The first kappa shape index (κ1) is 18.9. The number of benzene rings is 2. The van der Waals surface area contributed by atoms with Crippen LogP contribution in [0.5, 0.6) is 5.75 Å². The number of amides is 2. The molecule has 27 heavy (non-hydrogen) atoms. The monoisotopic (exact) mass is 377 g/mol. The summed E-state index contributed by atoms with van der Waals surface area (Å²) in [5, 5.41) is 0. The second-order valence-corrected chi connectivity index (χ2v) is 6.64. The number of hydrogen-bond acceptors (Lipinski definition) is 3. The topological polar surface area (TPSA) is 46.6 Å². The van der Waals surface area contributed by atoms with Crippen molar-refractivity contribution in [2.45, 2.75) is 26.6 Å². The Balaban J connectivity index is 1.79. The van der Waals surface area contributed by atoms with Gasteiger partial charge in [0.25, 0.3) is 0 Å². The molecule has 1 fully saturated rings. The summed E-state index contributed by atoms with van der Waals surface area (Å²) < 4.78 is 40.6. The Morgan fingerprint density at radius 1 is 0.963 bits per heavy atom. The maximum absolute atomic E-state index is 12.8. The van der Waals surface area contributed by atoms with Gasteiger partial charge in [-0.2, -0.15) is 0 Å². The zero-order chi connectivity index (χ0) is 19.8. The van der Waals surface area contributed by atoms with Crippen molar-refractivity contribution in [3.8, 4) is 5.75 Å². The molecule has 2 aromatic carbocycles. The van der Waals surface area contributed by atoms with E-state index in [2.05, 4.69) is 4.74 Å². The van der Waals surface area contributed by atoms with Gasteiger partial charge in [-0.15, -0.1) is 13.2 Å². The van der Waals surface area contributed by atoms with Crippen LogP contribution in [0.4, 0.5) is 18.9 Å². The van der Waals surface area contributed by atoms with E-state index >= 15 is 0 Å². The lowest BCUT2D eigenvalue weighted by molar-refractivity contribution is -0.274. The van der Waals surface area contributed by atoms with Crippen molar-refractivity contribution in [2.24, 2.45) is 11.8 Å². The number of ether oxygens (including phenoxy) is 1. The van der Waals surface area contributed by atoms with Gasteiger partial charge in [0.05, 0.1) is 11.6 Å². The quantitative estimate of drug-likeness (QED) is 0.748. The Hall–Kier alpha value is -2.83. The highest BCUT2D eigenvalue weighted by Gasteiger charge is 2.45. The molecule has 142 valence electrons. The SMILES string of the molecule is Cc1ccc(CC2C(=O)N(c3ccc(OC(F)(F)F)cc3)C(=O)C2C)cc1. The number of carbonyl (C=O) groups excluding carboxylic acids is 2. The lowest BCUT2D eigenvalue weighted by Crippen LogP contribution is -2.31. The Bertz CT molecular complexity index is 844. The molecule has 2 aromatic rings. The van der Waals surface area contributed by atoms with Crippen LogP contribution in [-0.4, -0.2) is 18.2 Å². The van der Waals surface area contributed by atoms with Gasteiger partial charge in [0.2, 0.25) is 11.8 Å². The van der Waals surface area contributed by atoms with E-state index in [9.17, 15) is 22.8 Å². The highest BCUT2D eigenvalue weighted by atomic mass is 19.4. The van der Waals surface area contributed by atoms with Gasteiger partial charge in [-0.3, -0.25) is 14.5 Å². The normalized spacial score (nSPS) is 20.3. The summed E-state index contributed by atoms with van der Waals surface area (Å²) in [5.74, 6) is -2.13. The second-order valence-electron chi connectivity index (χ2n) is 6.64. The molecule has 0 radical (unpaired) electrons. The third-order valence-electron chi connectivity index (χ3n) is 4.66. The Morgan fingerprint density at radius 2 is 1.56 bits per heavy atom. The number of alkyl halides is 3. The predicted octanol–water partition coefficient (Wildman–Crippen LogP) is 4.26. The summed E-state index contributed by atoms with van der Waals surface area (Å²) in [5.41, 5.74) is 2.29. The van der Waals surface area contributed by atoms with Crippen molar-refractivity contribution in [3.05, 3.63) is 59.7 Å². The van der Waals surface area contributed by atoms with Crippen molar-refractivity contribution < 1.29 is 27.5 Å². The van der Waals surface area contributed by atoms with E-state index < -0.39 is 23.9 Å². The molecule has 2 amide bonds. The number of hydrogen-bond donors (Lipinski definition) is 0. The van der Waals surface area contributed by atoms with Gasteiger partial charge in [-0.05, 0) is 43.2 Å². The summed E-state index contributed by atoms with van der Waals surface area (Å²) >= 11 is 0. The molecule has 1 saturated heterocycles. The van der Waals surface area contributed by atoms with E-state index in [1.807, 2.05) is 31.2 Å². The van der Waals surface area contributed by atoms with Gasteiger partial charge in [0.15, 0.2) is 0 Å². The van der Waals surface area contributed by atoms with Crippen LogP contribution in [0.15, 0.2) is 48.5 Å². The van der Waals surface area contributed by atoms with Crippen LogP contribution in [0.25, 0.3) is 0 Å². The number of aryl methyl sites for hydroxylation is 1. The molecule has 0 aromatic heterocycles. The number of imide groups is 1. The van der Waals surface area contributed by atoms with Crippen molar-refractivity contribution in [2.75, 3.05) is 4.90 Å². The van der Waals surface area contributed by atoms with Gasteiger partial charge in [0, 0.05) is 5.92 Å². The van der Waals surface area contributed by atoms with Crippen molar-refractivity contribution in [1.29, 1.82) is 0 Å². The maximum Gasteiger partial charge on any atom is 0.573 e. The molecule has 0 bridgehead atoms. The first-order valence-corrected chi connectivity index (χ1v) is 8.45. The zero-order valence-electron chi connectivity index (χ0n) is 14.8. The van der Waals surface area contributed by atoms with Gasteiger partial charge in [-0.25, -0.2) is 0 Å². The Morgan fingerprint density at radius 3 is 2.11 bits per heavy atom. The average molecular weight is 377 g/mol. The Labute approximate surface area is 154 Å². The van der Waals surface area contributed by atoms with E-state index in [0.717, 1.165) is 28.2 Å². The standard InChI is InChI=1S/C20H18F3NO3/c1-12-3-5-14(6-4-12)11-17-13(2)18(25)24(19(17)26)15-7-9-16(10-8-15)27-20(21,22)23/h3-10,13,17H,11H2,1-2H3. The number of nitrogens with zero attached hydrogens (tertiary/aromatic N) is 1. The van der Waals surface area contributed by atoms with Crippen LogP contribution in [0, 0.1) is 18.8 Å². The van der Waals surface area contributed by atoms with Crippen molar-refractivity contribution in [3.63, 3.8) is 0 Å². The van der Waals surface area contributed by atoms with Crippen LogP contribution < -0.4 is 9.64 Å². The van der Waals surface area contributed by atoms with Crippen LogP contribution in [0.2, 0.25) is 0 Å². The van der Waals surface area contributed by atoms with E-state index in [1.54, 1.807) is 6.92 Å². The summed E-state index contributed by atoms with van der Waals surface area (Å²) in [7, 11) is 0. The fraction of sp³-hybridized carbons (Fsp3) is 0.300. The van der Waals surface area contributed by atoms with Gasteiger partial charge in [-0.1, -0.05) is 36.8 Å². The summed E-state index contributed by atoms with van der Waals surface area (Å²) in [4.78, 5) is 26.4. The number of halogens is 3. The molecule has 0 aliphatic carbocycles. The van der Waals surface area contributed by atoms with E-state index in [1.165, 1.54) is 12.1 Å². The molecule has 2 atom stereocenters. The van der Waals surface area contributed by atoms with Crippen LogP contribution in [-0.2, 0) is 16.0 Å². The molecule has 0 N–H and O–H groups in total. The highest BCUT2D eigenvalue weighted by molar-refractivity contribution is 6.22. The van der Waals surface area contributed by atoms with Crippen LogP contribution in [0.1, 0.15) is 18.1 Å². The minimum absolute atomic E-state index is 0.234. The minimum Gasteiger partial charge on any atom is -0.406 e. The molecule has 2 unspecified atom stereocenters. The minimum atomic E-state index is -4.80. The first-order valence-electron chi connectivity index (χ1n) is 8.45. The van der Waals surface area contributed by atoms with Gasteiger partial charge >= 0.3 is 6.36 Å². The average Bonchev–Trinajstić information content (AvgIpc) is 2.80. The van der Waals surface area contributed by atoms with Crippen molar-refractivity contribution in [1.82, 2.24) is 0 Å². The first-order chi connectivity index (χ1) is 12.7. The molecule has 7 heteroatoms. The van der Waals surface area contributed by atoms with Gasteiger partial charge < -0.3 is 4.74 Å². The lowest BCUT2D eigenvalue weighted by Gasteiger charge is -2.16. The van der Waals surface area contributed by atoms with E-state index in [0.29, 0.717) is 6.42 Å². The molecule has 1 heterocycles. The van der Waals surface area contributed by atoms with Crippen LogP contribution >= 0.6 is 0 Å². The van der Waals surface area contributed by atoms with Crippen LogP contribution in [0.3, 0.4) is 0 Å². The van der Waals surface area contributed by atoms with Gasteiger partial charge in [0.1, 0.15) is 5.75 Å². The Kier molecular flexibility index (Phi) is 4.95. The predicted molar refractivity (Wildman–Crippen MR) is 93.2 cm³/mol. The summed E-state index contributed by atoms with van der Waals surface area (Å²) in [6, 6.07) is 12.5. The summed E-state index contributed by atoms with van der Waals surface area (Å²) in [6.07, 6.45) is -4.37. The number of anilines is 1. The number of carbonyl (C=O) groups is 2. The smallest absolute Gasteiger partial charge is 0.406 e. The van der Waals surface area contributed by atoms with E-state index in [-0.39, 0.29) is 17.5 Å². The largest absolute Gasteiger partial charge is 0.573 e. The molecule has 1 aliphatic heterocycles. The third-order valence-corrected chi connectivity index (χ3v) is 4.66. The second kappa shape index (κ2) is 7.06. The molecule has 4 nitrogen and oxygen atoms in total. The fourth-order valence-electron chi connectivity index (χ4n) is 3.16. The summed E-state index contributed by atoms with van der Waals surface area (Å²) in [6.45, 7) is 3.66. The third kappa shape index (κ3) is 4.13. The molecule has 0 saturated carbocycles. The number of rotatable bonds is 4. The van der Waals surface area contributed by atoms with Crippen molar-refractivity contribution >= 4 is 17.5 Å². The fourth-order valence-corrected chi connectivity index (χ4v) is 3.16. The molecular weight excluding hydrogens is 359 g/mol. The highest BCUT2D eigenvalue weighted by Crippen LogP contribution is 2.34. The molecule has 0 spiro atoms. The zero-order valence-corrected chi connectivity index (χ0v) is 14.8. The lowest BCUT2D eigenvalue weighted by atomic mass is 9.90. The van der Waals surface area contributed by atoms with E-state index in [4.69, 9.17) is 0 Å². The maximum atomic E-state index is 12.8.